The Hall–Kier alpha value is -1.17. The van der Waals surface area contributed by atoms with Crippen LogP contribution in [0.25, 0.3) is 0 Å². The van der Waals surface area contributed by atoms with Crippen LogP contribution in [0.5, 0.6) is 0 Å². The van der Waals surface area contributed by atoms with Crippen molar-refractivity contribution in [3.8, 4) is 0 Å². The van der Waals surface area contributed by atoms with Gasteiger partial charge in [0.1, 0.15) is 5.15 Å². The molecule has 0 saturated carbocycles. The molecule has 0 bridgehead atoms. The summed E-state index contributed by atoms with van der Waals surface area (Å²) in [6.45, 7) is 3.37. The zero-order valence-corrected chi connectivity index (χ0v) is 12.3. The van der Waals surface area contributed by atoms with Gasteiger partial charge in [0.2, 0.25) is 0 Å². The van der Waals surface area contributed by atoms with E-state index in [4.69, 9.17) is 21.1 Å². The number of hydrogen-bond donors (Lipinski definition) is 0. The van der Waals surface area contributed by atoms with E-state index >= 15 is 0 Å². The monoisotopic (exact) mass is 298 g/mol. The third kappa shape index (κ3) is 4.16. The second-order valence-electron chi connectivity index (χ2n) is 4.84. The Bertz CT molecular complexity index is 439. The third-order valence-corrected chi connectivity index (χ3v) is 3.56. The highest BCUT2D eigenvalue weighted by Gasteiger charge is 2.27. The van der Waals surface area contributed by atoms with E-state index in [9.17, 15) is 4.79 Å². The number of carbonyl (C=O) groups is 1. The minimum Gasteiger partial charge on any atom is -0.382 e. The summed E-state index contributed by atoms with van der Waals surface area (Å²) >= 11 is 5.72. The Kier molecular flexibility index (Phi) is 5.76. The Labute approximate surface area is 123 Å². The molecule has 20 heavy (non-hydrogen) atoms. The number of aromatic nitrogens is 1. The molecule has 1 atom stereocenters. The van der Waals surface area contributed by atoms with Crippen molar-refractivity contribution in [2.75, 3.05) is 40.0 Å². The first-order valence-corrected chi connectivity index (χ1v) is 7.06. The van der Waals surface area contributed by atoms with Gasteiger partial charge in [-0.15, -0.1) is 0 Å². The molecule has 0 aromatic carbocycles. The minimum absolute atomic E-state index is 0.00792. The number of likely N-dealkylation sites (tertiary alicyclic amines) is 1. The van der Waals surface area contributed by atoms with Crippen LogP contribution in [0.2, 0.25) is 5.15 Å². The van der Waals surface area contributed by atoms with Gasteiger partial charge < -0.3 is 14.4 Å². The minimum atomic E-state index is 0.00792. The molecule has 1 aromatic heterocycles. The largest absolute Gasteiger partial charge is 0.382 e. The average molecular weight is 299 g/mol. The smallest absolute Gasteiger partial charge is 0.255 e. The fourth-order valence-electron chi connectivity index (χ4n) is 2.23. The van der Waals surface area contributed by atoms with Crippen molar-refractivity contribution in [2.45, 2.75) is 6.42 Å². The molecule has 1 aliphatic rings. The predicted molar refractivity (Wildman–Crippen MR) is 76.0 cm³/mol. The van der Waals surface area contributed by atoms with E-state index in [0.717, 1.165) is 19.5 Å². The SMILES string of the molecule is COCCOCC1CCN(C(=O)c2ccc(Cl)nc2)C1. The van der Waals surface area contributed by atoms with Crippen LogP contribution in [0.4, 0.5) is 0 Å². The quantitative estimate of drug-likeness (QED) is 0.594. The molecule has 0 spiro atoms. The summed E-state index contributed by atoms with van der Waals surface area (Å²) in [5.74, 6) is 0.407. The first-order chi connectivity index (χ1) is 9.70. The van der Waals surface area contributed by atoms with Gasteiger partial charge in [-0.05, 0) is 18.6 Å². The average Bonchev–Trinajstić information content (AvgIpc) is 2.92. The van der Waals surface area contributed by atoms with E-state index in [0.29, 0.717) is 36.5 Å². The maximum absolute atomic E-state index is 12.3. The van der Waals surface area contributed by atoms with Crippen molar-refractivity contribution in [1.29, 1.82) is 0 Å². The van der Waals surface area contributed by atoms with Gasteiger partial charge >= 0.3 is 0 Å². The van der Waals surface area contributed by atoms with Crippen molar-refractivity contribution in [2.24, 2.45) is 5.92 Å². The fraction of sp³-hybridized carbons (Fsp3) is 0.571. The Morgan fingerprint density at radius 2 is 2.35 bits per heavy atom. The standard InChI is InChI=1S/C14H19ClN2O3/c1-19-6-7-20-10-11-4-5-17(9-11)14(18)12-2-3-13(15)16-8-12/h2-3,8,11H,4-7,9-10H2,1H3. The zero-order chi connectivity index (χ0) is 14.4. The number of nitrogens with zero attached hydrogens (tertiary/aromatic N) is 2. The lowest BCUT2D eigenvalue weighted by atomic mass is 10.1. The van der Waals surface area contributed by atoms with Gasteiger partial charge in [-0.3, -0.25) is 4.79 Å². The summed E-state index contributed by atoms with van der Waals surface area (Å²) in [5.41, 5.74) is 0.579. The van der Waals surface area contributed by atoms with E-state index in [2.05, 4.69) is 4.98 Å². The topological polar surface area (TPSA) is 51.7 Å². The summed E-state index contributed by atoms with van der Waals surface area (Å²) in [6, 6.07) is 3.34. The Morgan fingerprint density at radius 3 is 3.05 bits per heavy atom. The predicted octanol–water partition coefficient (Wildman–Crippen LogP) is 1.86. The van der Waals surface area contributed by atoms with Gasteiger partial charge in [-0.2, -0.15) is 0 Å². The summed E-state index contributed by atoms with van der Waals surface area (Å²) in [6.07, 6.45) is 2.49. The molecule has 2 heterocycles. The maximum Gasteiger partial charge on any atom is 0.255 e. The molecule has 6 heteroatoms. The first kappa shape index (κ1) is 15.2. The third-order valence-electron chi connectivity index (χ3n) is 3.33. The highest BCUT2D eigenvalue weighted by Crippen LogP contribution is 2.19. The molecule has 0 aliphatic carbocycles. The molecule has 1 fully saturated rings. The molecule has 1 aliphatic heterocycles. The van der Waals surface area contributed by atoms with Gasteiger partial charge in [0.25, 0.3) is 5.91 Å². The molecule has 1 aromatic rings. The maximum atomic E-state index is 12.3. The molecule has 0 N–H and O–H groups in total. The van der Waals surface area contributed by atoms with Crippen molar-refractivity contribution in [1.82, 2.24) is 9.88 Å². The Balaban J connectivity index is 1.80. The van der Waals surface area contributed by atoms with Crippen LogP contribution < -0.4 is 0 Å². The summed E-state index contributed by atoms with van der Waals surface area (Å²) in [7, 11) is 1.65. The number of amides is 1. The van der Waals surface area contributed by atoms with E-state index < -0.39 is 0 Å². The second kappa shape index (κ2) is 7.57. The van der Waals surface area contributed by atoms with Gasteiger partial charge in [0.15, 0.2) is 0 Å². The molecule has 5 nitrogen and oxygen atoms in total. The molecule has 2 rings (SSSR count). The highest BCUT2D eigenvalue weighted by molar-refractivity contribution is 6.29. The van der Waals surface area contributed by atoms with E-state index in [1.807, 2.05) is 4.90 Å². The highest BCUT2D eigenvalue weighted by atomic mass is 35.5. The van der Waals surface area contributed by atoms with E-state index in [-0.39, 0.29) is 5.91 Å². The van der Waals surface area contributed by atoms with Crippen LogP contribution in [0.1, 0.15) is 16.8 Å². The summed E-state index contributed by atoms with van der Waals surface area (Å²) in [4.78, 5) is 18.0. The van der Waals surface area contributed by atoms with Crippen LogP contribution in [-0.2, 0) is 9.47 Å². The fourth-order valence-corrected chi connectivity index (χ4v) is 2.34. The summed E-state index contributed by atoms with van der Waals surface area (Å²) in [5, 5.41) is 0.396. The van der Waals surface area contributed by atoms with E-state index in [1.54, 1.807) is 19.2 Å². The number of methoxy groups -OCH3 is 1. The van der Waals surface area contributed by atoms with Crippen LogP contribution in [0, 0.1) is 5.92 Å². The van der Waals surface area contributed by atoms with Gasteiger partial charge in [-0.1, -0.05) is 11.6 Å². The van der Waals surface area contributed by atoms with Crippen molar-refractivity contribution in [3.05, 3.63) is 29.0 Å². The lowest BCUT2D eigenvalue weighted by Gasteiger charge is -2.16. The number of halogens is 1. The number of rotatable bonds is 6. The van der Waals surface area contributed by atoms with Crippen LogP contribution in [-0.4, -0.2) is 55.8 Å². The van der Waals surface area contributed by atoms with Crippen LogP contribution >= 0.6 is 11.6 Å². The van der Waals surface area contributed by atoms with E-state index in [1.165, 1.54) is 6.20 Å². The molecule has 110 valence electrons. The number of carbonyl (C=O) groups excluding carboxylic acids is 1. The van der Waals surface area contributed by atoms with Crippen molar-refractivity contribution >= 4 is 17.5 Å². The van der Waals surface area contributed by atoms with Gasteiger partial charge in [0, 0.05) is 32.3 Å². The molecule has 1 saturated heterocycles. The number of hydrogen-bond acceptors (Lipinski definition) is 4. The second-order valence-corrected chi connectivity index (χ2v) is 5.23. The summed E-state index contributed by atoms with van der Waals surface area (Å²) < 4.78 is 10.4. The normalized spacial score (nSPS) is 18.5. The van der Waals surface area contributed by atoms with Crippen LogP contribution in [0.15, 0.2) is 18.3 Å². The molecule has 1 amide bonds. The number of pyridine rings is 1. The number of ether oxygens (including phenoxy) is 2. The zero-order valence-electron chi connectivity index (χ0n) is 11.5. The molecule has 1 unspecified atom stereocenters. The molecule has 0 radical (unpaired) electrons. The Morgan fingerprint density at radius 1 is 1.50 bits per heavy atom. The van der Waals surface area contributed by atoms with Crippen molar-refractivity contribution in [3.63, 3.8) is 0 Å². The lowest BCUT2D eigenvalue weighted by molar-refractivity contribution is 0.0515. The lowest BCUT2D eigenvalue weighted by Crippen LogP contribution is -2.29. The van der Waals surface area contributed by atoms with Gasteiger partial charge in [0.05, 0.1) is 25.4 Å². The van der Waals surface area contributed by atoms with Gasteiger partial charge in [-0.25, -0.2) is 4.98 Å². The molecular weight excluding hydrogens is 280 g/mol. The first-order valence-electron chi connectivity index (χ1n) is 6.68. The van der Waals surface area contributed by atoms with Crippen molar-refractivity contribution < 1.29 is 14.3 Å². The van der Waals surface area contributed by atoms with Crippen LogP contribution in [0.3, 0.4) is 0 Å². The molecular formula is C14H19ClN2O3.